The van der Waals surface area contributed by atoms with Crippen molar-refractivity contribution in [2.45, 2.75) is 9.79 Å². The monoisotopic (exact) mass is 696 g/mol. The van der Waals surface area contributed by atoms with Crippen molar-refractivity contribution in [3.63, 3.8) is 0 Å². The topological polar surface area (TPSA) is 9.86 Å². The van der Waals surface area contributed by atoms with Crippen LogP contribution in [0.25, 0.3) is 55.0 Å². The lowest BCUT2D eigenvalue weighted by Gasteiger charge is -2.40. The zero-order valence-electron chi connectivity index (χ0n) is 28.3. The first-order valence-corrected chi connectivity index (χ1v) is 20.7. The fourth-order valence-electron chi connectivity index (χ4n) is 8.93. The summed E-state index contributed by atoms with van der Waals surface area (Å²) in [6.45, 7) is 0. The molecular weight excluding hydrogens is 665 g/mol. The summed E-state index contributed by atoms with van der Waals surface area (Å²) in [5.41, 5.74) is 7.31. The highest BCUT2D eigenvalue weighted by Gasteiger charge is 2.47. The van der Waals surface area contributed by atoms with Crippen molar-refractivity contribution in [2.24, 2.45) is 0 Å². The van der Waals surface area contributed by atoms with Gasteiger partial charge < -0.3 is 9.13 Å². The molecule has 1 atom stereocenters. The van der Waals surface area contributed by atoms with E-state index in [4.69, 9.17) is 0 Å². The van der Waals surface area contributed by atoms with Crippen LogP contribution in [0.1, 0.15) is 0 Å². The Labute approximate surface area is 307 Å². The summed E-state index contributed by atoms with van der Waals surface area (Å²) in [6.07, 6.45) is 0. The maximum atomic E-state index is 2.50. The Morgan fingerprint density at radius 1 is 0.327 bits per heavy atom. The Balaban J connectivity index is 1.21. The van der Waals surface area contributed by atoms with Crippen molar-refractivity contribution in [1.29, 1.82) is 0 Å². The number of rotatable bonds is 4. The van der Waals surface area contributed by atoms with Crippen LogP contribution < -0.4 is 20.7 Å². The SMILES string of the molecule is c1ccc([Si]2(c3cccc(-n4c5ccccc5c5ccccc54)c3)c3ccccc3Sc3cc(-n4c5ccccc5c5ccccc54)ccc32)cc1. The molecular formula is C48H32N2SSi. The summed E-state index contributed by atoms with van der Waals surface area (Å²) >= 11 is 1.92. The van der Waals surface area contributed by atoms with Crippen molar-refractivity contribution in [1.82, 2.24) is 9.13 Å². The quantitative estimate of drug-likeness (QED) is 0.167. The molecule has 2 nitrogen and oxygen atoms in total. The third-order valence-corrected chi connectivity index (χ3v) is 17.4. The summed E-state index contributed by atoms with van der Waals surface area (Å²) in [5, 5.41) is 10.8. The maximum Gasteiger partial charge on any atom is 0.181 e. The molecule has 0 N–H and O–H groups in total. The first-order chi connectivity index (χ1) is 25.8. The number of para-hydroxylation sites is 4. The number of aromatic nitrogens is 2. The summed E-state index contributed by atoms with van der Waals surface area (Å²) < 4.78 is 4.90. The Kier molecular flexibility index (Phi) is 6.54. The minimum absolute atomic E-state index is 1.19. The molecule has 8 aromatic carbocycles. The van der Waals surface area contributed by atoms with E-state index in [-0.39, 0.29) is 0 Å². The zero-order chi connectivity index (χ0) is 34.2. The van der Waals surface area contributed by atoms with E-state index < -0.39 is 8.07 Å². The van der Waals surface area contributed by atoms with Gasteiger partial charge in [0.25, 0.3) is 0 Å². The largest absolute Gasteiger partial charge is 0.309 e. The van der Waals surface area contributed by atoms with Crippen LogP contribution in [-0.2, 0) is 0 Å². The average molecular weight is 697 g/mol. The van der Waals surface area contributed by atoms with E-state index in [0.29, 0.717) is 0 Å². The lowest BCUT2D eigenvalue weighted by atomic mass is 10.2. The molecule has 3 heterocycles. The highest BCUT2D eigenvalue weighted by Crippen LogP contribution is 2.38. The van der Waals surface area contributed by atoms with Crippen LogP contribution in [0.3, 0.4) is 0 Å². The van der Waals surface area contributed by atoms with Crippen LogP contribution in [0.15, 0.2) is 204 Å². The normalized spacial score (nSPS) is 15.3. The molecule has 0 spiro atoms. The summed E-state index contributed by atoms with van der Waals surface area (Å²) in [5.74, 6) is 0. The molecule has 0 amide bonds. The molecule has 0 saturated carbocycles. The van der Waals surface area contributed by atoms with Gasteiger partial charge in [-0.2, -0.15) is 0 Å². The van der Waals surface area contributed by atoms with Crippen LogP contribution in [0, 0.1) is 0 Å². The molecule has 52 heavy (non-hydrogen) atoms. The first-order valence-electron chi connectivity index (χ1n) is 17.9. The Hall–Kier alpha value is -6.07. The van der Waals surface area contributed by atoms with Crippen LogP contribution in [0.2, 0.25) is 0 Å². The molecule has 2 aromatic heterocycles. The highest BCUT2D eigenvalue weighted by atomic mass is 32.2. The second-order valence-electron chi connectivity index (χ2n) is 13.7. The summed E-state index contributed by atoms with van der Waals surface area (Å²) in [4.78, 5) is 2.67. The highest BCUT2D eigenvalue weighted by molar-refractivity contribution is 8.00. The van der Waals surface area contributed by atoms with E-state index in [0.717, 1.165) is 0 Å². The van der Waals surface area contributed by atoms with Gasteiger partial charge in [-0.15, -0.1) is 0 Å². The van der Waals surface area contributed by atoms with Gasteiger partial charge in [0, 0.05) is 42.7 Å². The number of hydrogen-bond acceptors (Lipinski definition) is 1. The Bertz CT molecular complexity index is 2910. The van der Waals surface area contributed by atoms with E-state index in [1.54, 1.807) is 0 Å². The summed E-state index contributed by atoms with van der Waals surface area (Å²) in [6, 6.07) is 72.4. The fourth-order valence-corrected chi connectivity index (χ4v) is 15.9. The molecule has 1 aliphatic heterocycles. The predicted molar refractivity (Wildman–Crippen MR) is 223 cm³/mol. The second kappa shape index (κ2) is 11.5. The van der Waals surface area contributed by atoms with Gasteiger partial charge in [-0.05, 0) is 75.3 Å². The molecule has 0 bridgehead atoms. The average Bonchev–Trinajstić information content (AvgIpc) is 3.73. The summed E-state index contributed by atoms with van der Waals surface area (Å²) in [7, 11) is -2.81. The first kappa shape index (κ1) is 29.6. The number of fused-ring (bicyclic) bond motifs is 8. The molecule has 10 aromatic rings. The van der Waals surface area contributed by atoms with Gasteiger partial charge in [0.05, 0.1) is 22.1 Å². The molecule has 11 rings (SSSR count). The Morgan fingerprint density at radius 3 is 1.38 bits per heavy atom. The Morgan fingerprint density at radius 2 is 0.788 bits per heavy atom. The smallest absolute Gasteiger partial charge is 0.181 e. The van der Waals surface area contributed by atoms with Crippen LogP contribution >= 0.6 is 11.8 Å². The third-order valence-electron chi connectivity index (χ3n) is 11.0. The predicted octanol–water partition coefficient (Wildman–Crippen LogP) is 9.72. The lowest BCUT2D eigenvalue weighted by Crippen LogP contribution is -2.76. The van der Waals surface area contributed by atoms with Gasteiger partial charge in [0.15, 0.2) is 8.07 Å². The van der Waals surface area contributed by atoms with E-state index in [1.807, 2.05) is 11.8 Å². The molecule has 4 heteroatoms. The molecule has 244 valence electrons. The fraction of sp³-hybridized carbons (Fsp3) is 0. The van der Waals surface area contributed by atoms with Crippen LogP contribution in [-0.4, -0.2) is 17.2 Å². The number of hydrogen-bond donors (Lipinski definition) is 0. The third kappa shape index (κ3) is 4.13. The van der Waals surface area contributed by atoms with Gasteiger partial charge >= 0.3 is 0 Å². The van der Waals surface area contributed by atoms with Gasteiger partial charge in [0.2, 0.25) is 0 Å². The zero-order valence-corrected chi connectivity index (χ0v) is 30.1. The maximum absolute atomic E-state index is 2.81. The van der Waals surface area contributed by atoms with Crippen LogP contribution in [0.4, 0.5) is 0 Å². The molecule has 0 aliphatic carbocycles. The van der Waals surface area contributed by atoms with Crippen molar-refractivity contribution in [2.75, 3.05) is 0 Å². The van der Waals surface area contributed by atoms with Gasteiger partial charge in [-0.3, -0.25) is 0 Å². The van der Waals surface area contributed by atoms with Crippen molar-refractivity contribution >= 4 is 84.2 Å². The van der Waals surface area contributed by atoms with Gasteiger partial charge in [-0.1, -0.05) is 151 Å². The van der Waals surface area contributed by atoms with E-state index >= 15 is 0 Å². The molecule has 0 saturated heterocycles. The van der Waals surface area contributed by atoms with Crippen molar-refractivity contribution < 1.29 is 0 Å². The molecule has 1 aliphatic rings. The minimum atomic E-state index is -2.81. The van der Waals surface area contributed by atoms with Gasteiger partial charge in [0.1, 0.15) is 0 Å². The van der Waals surface area contributed by atoms with Crippen molar-refractivity contribution in [3.05, 3.63) is 194 Å². The minimum Gasteiger partial charge on any atom is -0.309 e. The molecule has 0 fully saturated rings. The van der Waals surface area contributed by atoms with E-state index in [9.17, 15) is 0 Å². The van der Waals surface area contributed by atoms with Crippen molar-refractivity contribution in [3.8, 4) is 11.4 Å². The van der Waals surface area contributed by atoms with Crippen LogP contribution in [0.5, 0.6) is 0 Å². The number of nitrogens with zero attached hydrogens (tertiary/aromatic N) is 2. The molecule has 1 unspecified atom stereocenters. The lowest BCUT2D eigenvalue weighted by molar-refractivity contribution is 1.16. The van der Waals surface area contributed by atoms with Gasteiger partial charge in [-0.25, -0.2) is 0 Å². The standard InChI is InChI=1S/C48H32N2SSi/c1-2-16-35(17-3-1)52(36-18-14-15-33(31-36)49-41-23-8-4-19-37(41)38-20-5-9-24-42(38)49)47-28-13-12-27-45(47)51-46-32-34(29-30-48(46)52)50-43-25-10-6-21-39(43)40-22-7-11-26-44(40)50/h1-32H. The van der Waals surface area contributed by atoms with E-state index in [2.05, 4.69) is 203 Å². The van der Waals surface area contributed by atoms with E-state index in [1.165, 1.54) is 85.5 Å². The second-order valence-corrected chi connectivity index (χ2v) is 18.5. The molecule has 0 radical (unpaired) electrons. The number of benzene rings is 8.